The molecule has 8 heteroatoms. The Kier molecular flexibility index (Phi) is 4.06. The lowest BCUT2D eigenvalue weighted by Crippen LogP contribution is -2.63. The number of phenolic OH excluding ortho intramolecular Hbond substituents is 1. The quantitative estimate of drug-likeness (QED) is 0.747. The molecule has 0 spiro atoms. The first-order chi connectivity index (χ1) is 12.0. The summed E-state index contributed by atoms with van der Waals surface area (Å²) in [5.41, 5.74) is -1.23. The van der Waals surface area contributed by atoms with Crippen LogP contribution in [0, 0.1) is 17.0 Å². The molecule has 0 aliphatic carbocycles. The van der Waals surface area contributed by atoms with Crippen LogP contribution in [0.4, 0.5) is 8.78 Å². The largest absolute Gasteiger partial charge is 0.508 e. The van der Waals surface area contributed by atoms with Gasteiger partial charge in [0, 0.05) is 11.6 Å². The highest BCUT2D eigenvalue weighted by atomic mass is 32.2. The Balaban J connectivity index is 2.12. The highest BCUT2D eigenvalue weighted by Crippen LogP contribution is 2.41. The summed E-state index contributed by atoms with van der Waals surface area (Å²) in [4.78, 5) is 0. The second-order valence-corrected chi connectivity index (χ2v) is 9.13. The smallest absolute Gasteiger partial charge is 0.169 e. The number of amidine groups is 1. The molecule has 0 saturated carbocycles. The first kappa shape index (κ1) is 18.3. The Morgan fingerprint density at radius 3 is 2.42 bits per heavy atom. The number of phenols is 1. The van der Waals surface area contributed by atoms with Crippen LogP contribution in [-0.2, 0) is 20.1 Å². The first-order valence-corrected chi connectivity index (χ1v) is 9.49. The van der Waals surface area contributed by atoms with Crippen molar-refractivity contribution < 1.29 is 22.3 Å². The van der Waals surface area contributed by atoms with Crippen molar-refractivity contribution in [2.75, 3.05) is 5.75 Å². The van der Waals surface area contributed by atoms with Crippen molar-refractivity contribution in [3.8, 4) is 5.75 Å². The fraction of sp³-hybridized carbons (Fsp3) is 0.278. The van der Waals surface area contributed by atoms with E-state index in [0.29, 0.717) is 6.07 Å². The van der Waals surface area contributed by atoms with Crippen LogP contribution >= 0.6 is 0 Å². The van der Waals surface area contributed by atoms with Crippen LogP contribution < -0.4 is 5.32 Å². The van der Waals surface area contributed by atoms with E-state index in [1.807, 2.05) is 0 Å². The molecule has 0 radical (unpaired) electrons. The van der Waals surface area contributed by atoms with E-state index in [2.05, 4.69) is 5.32 Å². The average molecular weight is 380 g/mol. The molecule has 1 aliphatic rings. The molecule has 1 aliphatic heterocycles. The summed E-state index contributed by atoms with van der Waals surface area (Å²) in [6.45, 7) is 2.82. The number of benzene rings is 2. The third kappa shape index (κ3) is 2.65. The van der Waals surface area contributed by atoms with E-state index in [1.54, 1.807) is 0 Å². The molecular formula is C18H18F2N2O3S. The van der Waals surface area contributed by atoms with Crippen LogP contribution in [-0.4, -0.2) is 25.1 Å². The maximum absolute atomic E-state index is 14.2. The summed E-state index contributed by atoms with van der Waals surface area (Å²) in [5.74, 6) is -2.63. The number of nitrogens with one attached hydrogen (secondary N) is 2. The van der Waals surface area contributed by atoms with Crippen LogP contribution in [0.2, 0.25) is 0 Å². The number of halogens is 2. The third-order valence-corrected chi connectivity index (χ3v) is 7.54. The van der Waals surface area contributed by atoms with E-state index in [-0.39, 0.29) is 22.7 Å². The fourth-order valence-electron chi connectivity index (χ4n) is 3.32. The summed E-state index contributed by atoms with van der Waals surface area (Å²) >= 11 is 0. The van der Waals surface area contributed by atoms with Crippen molar-refractivity contribution in [3.05, 3.63) is 65.2 Å². The van der Waals surface area contributed by atoms with Gasteiger partial charge in [0.15, 0.2) is 14.6 Å². The van der Waals surface area contributed by atoms with Gasteiger partial charge in [0.1, 0.15) is 23.2 Å². The van der Waals surface area contributed by atoms with Crippen LogP contribution in [0.5, 0.6) is 5.75 Å². The molecule has 3 N–H and O–H groups in total. The molecule has 0 unspecified atom stereocenters. The van der Waals surface area contributed by atoms with E-state index in [0.717, 1.165) is 6.07 Å². The van der Waals surface area contributed by atoms with E-state index in [9.17, 15) is 22.3 Å². The molecule has 26 heavy (non-hydrogen) atoms. The maximum atomic E-state index is 14.2. The zero-order valence-corrected chi connectivity index (χ0v) is 15.0. The minimum absolute atomic E-state index is 0.0369. The highest BCUT2D eigenvalue weighted by Gasteiger charge is 2.54. The average Bonchev–Trinajstić information content (AvgIpc) is 2.51. The van der Waals surface area contributed by atoms with Gasteiger partial charge in [0.25, 0.3) is 0 Å². The van der Waals surface area contributed by atoms with Crippen molar-refractivity contribution in [1.29, 1.82) is 5.41 Å². The molecule has 1 fully saturated rings. The number of aromatic hydroxyl groups is 1. The van der Waals surface area contributed by atoms with Crippen LogP contribution in [0.15, 0.2) is 42.5 Å². The molecule has 5 nitrogen and oxygen atoms in total. The third-order valence-electron chi connectivity index (χ3n) is 4.90. The Morgan fingerprint density at radius 2 is 1.85 bits per heavy atom. The Bertz CT molecular complexity index is 1010. The van der Waals surface area contributed by atoms with Gasteiger partial charge >= 0.3 is 0 Å². The van der Waals surface area contributed by atoms with Crippen molar-refractivity contribution >= 4 is 15.7 Å². The Labute approximate surface area is 150 Å². The highest BCUT2D eigenvalue weighted by molar-refractivity contribution is 7.93. The lowest BCUT2D eigenvalue weighted by atomic mass is 9.90. The molecule has 2 aromatic rings. The second-order valence-electron chi connectivity index (χ2n) is 6.80. The van der Waals surface area contributed by atoms with Crippen LogP contribution in [0.1, 0.15) is 25.0 Å². The number of rotatable bonds is 2. The fourth-order valence-corrected chi connectivity index (χ4v) is 5.44. The second kappa shape index (κ2) is 5.77. The molecular weight excluding hydrogens is 362 g/mol. The Morgan fingerprint density at radius 1 is 1.15 bits per heavy atom. The predicted octanol–water partition coefficient (Wildman–Crippen LogP) is 2.80. The van der Waals surface area contributed by atoms with Gasteiger partial charge in [0.2, 0.25) is 0 Å². The topological polar surface area (TPSA) is 90.2 Å². The molecule has 138 valence electrons. The van der Waals surface area contributed by atoms with E-state index in [4.69, 9.17) is 5.41 Å². The van der Waals surface area contributed by atoms with Gasteiger partial charge < -0.3 is 10.4 Å². The maximum Gasteiger partial charge on any atom is 0.169 e. The van der Waals surface area contributed by atoms with Crippen LogP contribution in [0.3, 0.4) is 0 Å². The minimum Gasteiger partial charge on any atom is -0.508 e. The van der Waals surface area contributed by atoms with E-state index >= 15 is 0 Å². The van der Waals surface area contributed by atoms with E-state index in [1.165, 1.54) is 44.2 Å². The van der Waals surface area contributed by atoms with E-state index < -0.39 is 37.5 Å². The minimum atomic E-state index is -3.98. The summed E-state index contributed by atoms with van der Waals surface area (Å²) in [6, 6.07) is 8.59. The molecule has 1 heterocycles. The standard InChI is InChI=1S/C18H18F2N2O3S/c1-17(14-7-6-12(19)9-15(14)20)10-26(24,25)18(2,16(21)22-17)11-4-3-5-13(23)8-11/h3-9,23H,10H2,1-2H3,(H2,21,22)/t17-,18-/m0/s1. The predicted molar refractivity (Wildman–Crippen MR) is 93.8 cm³/mol. The summed E-state index contributed by atoms with van der Waals surface area (Å²) in [7, 11) is -3.98. The van der Waals surface area contributed by atoms with Gasteiger partial charge in [-0.3, -0.25) is 5.41 Å². The number of hydrogen-bond acceptors (Lipinski definition) is 4. The SMILES string of the molecule is C[C@@]1(c2ccc(F)cc2F)CS(=O)(=O)[C@@](C)(c2cccc(O)c2)C(=N)N1. The monoisotopic (exact) mass is 380 g/mol. The molecule has 2 atom stereocenters. The lowest BCUT2D eigenvalue weighted by molar-refractivity contribution is 0.417. The lowest BCUT2D eigenvalue weighted by Gasteiger charge is -2.45. The summed E-state index contributed by atoms with van der Waals surface area (Å²) in [6.07, 6.45) is 0. The van der Waals surface area contributed by atoms with Gasteiger partial charge in [-0.15, -0.1) is 0 Å². The number of sulfone groups is 1. The summed E-state index contributed by atoms with van der Waals surface area (Å²) in [5, 5.41) is 20.8. The molecule has 0 aromatic heterocycles. The number of hydrogen-bond donors (Lipinski definition) is 3. The molecule has 2 aromatic carbocycles. The van der Waals surface area contributed by atoms with Gasteiger partial charge in [-0.1, -0.05) is 18.2 Å². The van der Waals surface area contributed by atoms with Gasteiger partial charge in [-0.2, -0.15) is 0 Å². The molecule has 0 bridgehead atoms. The molecule has 1 saturated heterocycles. The van der Waals surface area contributed by atoms with Crippen LogP contribution in [0.25, 0.3) is 0 Å². The van der Waals surface area contributed by atoms with Crippen molar-refractivity contribution in [2.24, 2.45) is 0 Å². The first-order valence-electron chi connectivity index (χ1n) is 7.84. The van der Waals surface area contributed by atoms with Crippen molar-refractivity contribution in [1.82, 2.24) is 5.32 Å². The Hall–Kier alpha value is -2.48. The van der Waals surface area contributed by atoms with Gasteiger partial charge in [0.05, 0.1) is 11.3 Å². The zero-order valence-electron chi connectivity index (χ0n) is 14.2. The van der Waals surface area contributed by atoms with Gasteiger partial charge in [-0.05, 0) is 37.6 Å². The van der Waals surface area contributed by atoms with Crippen molar-refractivity contribution in [2.45, 2.75) is 24.1 Å². The molecule has 0 amide bonds. The van der Waals surface area contributed by atoms with Crippen molar-refractivity contribution in [3.63, 3.8) is 0 Å². The molecule has 3 rings (SSSR count). The van der Waals surface area contributed by atoms with Gasteiger partial charge in [-0.25, -0.2) is 17.2 Å². The zero-order chi connectivity index (χ0) is 19.3. The normalized spacial score (nSPS) is 27.8. The summed E-state index contributed by atoms with van der Waals surface area (Å²) < 4.78 is 52.0.